The van der Waals surface area contributed by atoms with E-state index in [9.17, 15) is 4.39 Å². The van der Waals surface area contributed by atoms with Crippen LogP contribution in [0.1, 0.15) is 5.56 Å². The summed E-state index contributed by atoms with van der Waals surface area (Å²) in [6.45, 7) is 1.83. The second-order valence-corrected chi connectivity index (χ2v) is 4.94. The largest absolute Gasteiger partial charge is 0.438 e. The quantitative estimate of drug-likeness (QED) is 0.834. The summed E-state index contributed by atoms with van der Waals surface area (Å²) in [7, 11) is 0. The number of aromatic nitrogens is 1. The van der Waals surface area contributed by atoms with Gasteiger partial charge in [0.2, 0.25) is 5.88 Å². The molecular weight excluding hydrogens is 322 g/mol. The molecule has 0 saturated carbocycles. The van der Waals surface area contributed by atoms with E-state index in [0.717, 1.165) is 5.56 Å². The molecule has 0 atom stereocenters. The summed E-state index contributed by atoms with van der Waals surface area (Å²) in [6, 6.07) is 4.30. The lowest BCUT2D eigenvalue weighted by Gasteiger charge is -2.09. The molecule has 0 radical (unpaired) electrons. The zero-order valence-electron chi connectivity index (χ0n) is 9.38. The third-order valence-corrected chi connectivity index (χ3v) is 3.22. The van der Waals surface area contributed by atoms with Gasteiger partial charge in [0.1, 0.15) is 11.6 Å². The summed E-state index contributed by atoms with van der Waals surface area (Å²) >= 11 is 8.89. The van der Waals surface area contributed by atoms with Gasteiger partial charge in [-0.15, -0.1) is 0 Å². The molecule has 0 bridgehead atoms. The van der Waals surface area contributed by atoms with Crippen molar-refractivity contribution in [3.63, 3.8) is 0 Å². The van der Waals surface area contributed by atoms with E-state index in [4.69, 9.17) is 22.1 Å². The monoisotopic (exact) mass is 330 g/mol. The van der Waals surface area contributed by atoms with Gasteiger partial charge in [-0.3, -0.25) is 0 Å². The van der Waals surface area contributed by atoms with Crippen molar-refractivity contribution < 1.29 is 9.13 Å². The highest BCUT2D eigenvalue weighted by Gasteiger charge is 2.10. The Hall–Kier alpha value is -1.33. The fraction of sp³-hybridized carbons (Fsp3) is 0.0833. The third-order valence-electron chi connectivity index (χ3n) is 2.32. The van der Waals surface area contributed by atoms with Gasteiger partial charge in [-0.25, -0.2) is 9.37 Å². The Morgan fingerprint density at radius 3 is 2.78 bits per heavy atom. The van der Waals surface area contributed by atoms with Crippen LogP contribution in [-0.2, 0) is 0 Å². The summed E-state index contributed by atoms with van der Waals surface area (Å²) in [5.41, 5.74) is 7.06. The zero-order valence-corrected chi connectivity index (χ0v) is 11.7. The minimum Gasteiger partial charge on any atom is -0.438 e. The Balaban J connectivity index is 2.34. The van der Waals surface area contributed by atoms with Crippen molar-refractivity contribution in [2.75, 3.05) is 5.73 Å². The molecular formula is C12H9BrClFN2O. The number of aryl methyl sites for hydroxylation is 1. The van der Waals surface area contributed by atoms with Gasteiger partial charge >= 0.3 is 0 Å². The van der Waals surface area contributed by atoms with Crippen molar-refractivity contribution in [2.45, 2.75) is 6.92 Å². The van der Waals surface area contributed by atoms with Crippen LogP contribution in [0.2, 0.25) is 5.02 Å². The van der Waals surface area contributed by atoms with Crippen molar-refractivity contribution in [1.29, 1.82) is 0 Å². The standard InChI is InChI=1S/C12H9BrClFN2O/c1-6-2-12(17-5-10(6)16)18-11-4-9(15)8(14)3-7(11)13/h2-5H,16H2,1H3. The second kappa shape index (κ2) is 5.12. The summed E-state index contributed by atoms with van der Waals surface area (Å²) < 4.78 is 19.3. The van der Waals surface area contributed by atoms with Crippen molar-refractivity contribution in [1.82, 2.24) is 4.98 Å². The van der Waals surface area contributed by atoms with E-state index in [2.05, 4.69) is 20.9 Å². The van der Waals surface area contributed by atoms with E-state index < -0.39 is 5.82 Å². The van der Waals surface area contributed by atoms with Crippen LogP contribution in [0.25, 0.3) is 0 Å². The van der Waals surface area contributed by atoms with Gasteiger partial charge in [0.05, 0.1) is 21.4 Å². The summed E-state index contributed by atoms with van der Waals surface area (Å²) in [6.07, 6.45) is 1.49. The lowest BCUT2D eigenvalue weighted by molar-refractivity contribution is 0.455. The minimum absolute atomic E-state index is 0.0238. The van der Waals surface area contributed by atoms with Gasteiger partial charge < -0.3 is 10.5 Å². The molecule has 1 heterocycles. The van der Waals surface area contributed by atoms with E-state index in [1.54, 1.807) is 6.07 Å². The average Bonchev–Trinajstić information content (AvgIpc) is 2.31. The SMILES string of the molecule is Cc1cc(Oc2cc(F)c(Cl)cc2Br)ncc1N. The molecule has 2 aromatic rings. The Labute approximate surface area is 117 Å². The van der Waals surface area contributed by atoms with Crippen LogP contribution in [-0.4, -0.2) is 4.98 Å². The molecule has 0 aliphatic rings. The van der Waals surface area contributed by atoms with Crippen LogP contribution in [0, 0.1) is 12.7 Å². The highest BCUT2D eigenvalue weighted by molar-refractivity contribution is 9.10. The Kier molecular flexibility index (Phi) is 3.73. The maximum absolute atomic E-state index is 13.3. The van der Waals surface area contributed by atoms with Crippen molar-refractivity contribution >= 4 is 33.2 Å². The number of rotatable bonds is 2. The molecule has 18 heavy (non-hydrogen) atoms. The first-order valence-corrected chi connectivity index (χ1v) is 6.19. The number of benzene rings is 1. The van der Waals surface area contributed by atoms with E-state index in [0.29, 0.717) is 21.8 Å². The first-order valence-electron chi connectivity index (χ1n) is 5.02. The maximum Gasteiger partial charge on any atom is 0.219 e. The van der Waals surface area contributed by atoms with Crippen LogP contribution in [0.5, 0.6) is 11.6 Å². The summed E-state index contributed by atoms with van der Waals surface area (Å²) in [5.74, 6) is 0.0831. The van der Waals surface area contributed by atoms with Crippen LogP contribution in [0.4, 0.5) is 10.1 Å². The molecule has 94 valence electrons. The smallest absolute Gasteiger partial charge is 0.219 e. The van der Waals surface area contributed by atoms with Crippen molar-refractivity contribution in [2.24, 2.45) is 0 Å². The molecule has 1 aromatic carbocycles. The molecule has 0 aliphatic carbocycles. The van der Waals surface area contributed by atoms with Crippen molar-refractivity contribution in [3.8, 4) is 11.6 Å². The summed E-state index contributed by atoms with van der Waals surface area (Å²) in [5, 5.41) is 0.0238. The molecule has 0 unspecified atom stereocenters. The molecule has 0 spiro atoms. The van der Waals surface area contributed by atoms with Gasteiger partial charge in [-0.1, -0.05) is 11.6 Å². The minimum atomic E-state index is -0.554. The van der Waals surface area contributed by atoms with E-state index in [-0.39, 0.29) is 5.02 Å². The van der Waals surface area contributed by atoms with Gasteiger partial charge in [-0.05, 0) is 34.5 Å². The number of hydrogen-bond donors (Lipinski definition) is 1. The fourth-order valence-corrected chi connectivity index (χ4v) is 2.01. The molecule has 0 fully saturated rings. The number of hydrogen-bond acceptors (Lipinski definition) is 3. The number of nitrogens with zero attached hydrogens (tertiary/aromatic N) is 1. The highest BCUT2D eigenvalue weighted by atomic mass is 79.9. The number of ether oxygens (including phenoxy) is 1. The van der Waals surface area contributed by atoms with E-state index in [1.165, 1.54) is 18.3 Å². The second-order valence-electron chi connectivity index (χ2n) is 3.68. The van der Waals surface area contributed by atoms with Crippen LogP contribution in [0.3, 0.4) is 0 Å². The third kappa shape index (κ3) is 2.73. The van der Waals surface area contributed by atoms with Gasteiger partial charge in [0.15, 0.2) is 0 Å². The number of halogens is 3. The van der Waals surface area contributed by atoms with Crippen LogP contribution >= 0.6 is 27.5 Å². The van der Waals surface area contributed by atoms with Gasteiger partial charge in [0.25, 0.3) is 0 Å². The number of nitrogen functional groups attached to an aromatic ring is 1. The number of anilines is 1. The molecule has 3 nitrogen and oxygen atoms in total. The summed E-state index contributed by atoms with van der Waals surface area (Å²) in [4.78, 5) is 4.00. The first-order chi connectivity index (χ1) is 8.47. The zero-order chi connectivity index (χ0) is 13.3. The van der Waals surface area contributed by atoms with Crippen LogP contribution in [0.15, 0.2) is 28.9 Å². The van der Waals surface area contributed by atoms with Crippen LogP contribution < -0.4 is 10.5 Å². The van der Waals surface area contributed by atoms with Crippen molar-refractivity contribution in [3.05, 3.63) is 45.3 Å². The Morgan fingerprint density at radius 1 is 1.39 bits per heavy atom. The molecule has 2 N–H and O–H groups in total. The maximum atomic E-state index is 13.3. The highest BCUT2D eigenvalue weighted by Crippen LogP contribution is 2.33. The normalized spacial score (nSPS) is 10.4. The van der Waals surface area contributed by atoms with E-state index in [1.807, 2.05) is 6.92 Å². The number of nitrogens with two attached hydrogens (primary N) is 1. The Morgan fingerprint density at radius 2 is 2.11 bits per heavy atom. The fourth-order valence-electron chi connectivity index (χ4n) is 1.29. The predicted octanol–water partition coefficient (Wildman–Crippen LogP) is 4.32. The molecule has 0 amide bonds. The van der Waals surface area contributed by atoms with Gasteiger partial charge in [0, 0.05) is 12.1 Å². The first kappa shape index (κ1) is 13.1. The average molecular weight is 332 g/mol. The van der Waals surface area contributed by atoms with Gasteiger partial charge in [-0.2, -0.15) is 0 Å². The Bertz CT molecular complexity index is 607. The molecule has 1 aromatic heterocycles. The molecule has 2 rings (SSSR count). The number of pyridine rings is 1. The topological polar surface area (TPSA) is 48.1 Å². The molecule has 0 aliphatic heterocycles. The molecule has 0 saturated heterocycles. The lowest BCUT2D eigenvalue weighted by atomic mass is 10.2. The van der Waals surface area contributed by atoms with E-state index >= 15 is 0 Å². The lowest BCUT2D eigenvalue weighted by Crippen LogP contribution is -1.95. The predicted molar refractivity (Wildman–Crippen MR) is 72.6 cm³/mol. The molecule has 6 heteroatoms.